The van der Waals surface area contributed by atoms with Crippen LogP contribution in [0.4, 0.5) is 4.79 Å². The molecule has 1 fully saturated rings. The van der Waals surface area contributed by atoms with Crippen LogP contribution in [0.15, 0.2) is 63.2 Å². The molecule has 1 aliphatic carbocycles. The molecule has 2 amide bonds. The number of rotatable bonds is 6. The number of Topliss-reactive ketones (excluding diaryl/α,β-unsaturated/α-hetero) is 2. The Morgan fingerprint density at radius 2 is 1.75 bits per heavy atom. The van der Waals surface area contributed by atoms with Gasteiger partial charge in [-0.3, -0.25) is 19.4 Å². The number of nitrogens with two attached hydrogens (primary N) is 1. The maximum atomic E-state index is 14.1. The summed E-state index contributed by atoms with van der Waals surface area (Å²) in [6.45, 7) is 8.39. The van der Waals surface area contributed by atoms with Crippen LogP contribution < -0.4 is 11.1 Å². The monoisotopic (exact) mass is 670 g/mol. The highest BCUT2D eigenvalue weighted by atomic mass is 16.6. The predicted molar refractivity (Wildman–Crippen MR) is 179 cm³/mol. The summed E-state index contributed by atoms with van der Waals surface area (Å²) < 4.78 is 22.2. The minimum absolute atomic E-state index is 0.0761. The first-order valence-electron chi connectivity index (χ1n) is 16.3. The van der Waals surface area contributed by atoms with E-state index in [1.165, 1.54) is 33.6 Å². The normalized spacial score (nSPS) is 31.6. The fourth-order valence-corrected chi connectivity index (χ4v) is 6.12. The second-order valence-corrected chi connectivity index (χ2v) is 12.5. The van der Waals surface area contributed by atoms with Crippen molar-refractivity contribution in [2.75, 3.05) is 34.4 Å². The van der Waals surface area contributed by atoms with Crippen LogP contribution in [0.25, 0.3) is 0 Å². The van der Waals surface area contributed by atoms with E-state index in [4.69, 9.17) is 24.7 Å². The van der Waals surface area contributed by atoms with E-state index < -0.39 is 53.9 Å². The van der Waals surface area contributed by atoms with Gasteiger partial charge in [0.25, 0.3) is 5.91 Å². The largest absolute Gasteiger partial charge is 0.492 e. The number of methoxy groups -OCH3 is 3. The number of ketones is 2. The second-order valence-electron chi connectivity index (χ2n) is 12.5. The highest BCUT2D eigenvalue weighted by molar-refractivity contribution is 6.32. The number of ether oxygens (including phenoxy) is 4. The second kappa shape index (κ2) is 17.9. The smallest absolute Gasteiger partial charge is 0.405 e. The van der Waals surface area contributed by atoms with E-state index in [0.717, 1.165) is 19.3 Å². The van der Waals surface area contributed by atoms with Crippen molar-refractivity contribution in [3.05, 3.63) is 58.1 Å². The molecule has 3 rings (SSSR count). The summed E-state index contributed by atoms with van der Waals surface area (Å²) in [7, 11) is 4.25. The molecule has 6 atom stereocenters. The van der Waals surface area contributed by atoms with Crippen molar-refractivity contribution in [2.45, 2.75) is 84.2 Å². The van der Waals surface area contributed by atoms with Gasteiger partial charge < -0.3 is 35.1 Å². The number of aliphatic hydroxyl groups is 1. The maximum absolute atomic E-state index is 14.1. The standard InChI is InChI=1S/C35H50N4O9/c1-20-16-24-30(41)28(25(31(42)33(24)47-7)19-37-39-14-9-8-10-15-39)38-34(43)21(2)12-11-13-26(45-5)32(48-35(36)44)23(4)18-22(3)29(40)27(17-20)46-6/h11-13,18-20,22,26-27,29,32,40H,8-10,14-17H2,1-7H3,(H2,36,44)(H,38,43)/b13-11-,21-12-,23-18-,37-19+. The van der Waals surface area contributed by atoms with E-state index in [2.05, 4.69) is 10.4 Å². The van der Waals surface area contributed by atoms with Crippen LogP contribution in [-0.4, -0.2) is 98.7 Å². The number of carbonyl (C=O) groups excluding carboxylic acids is 4. The minimum atomic E-state index is -1.01. The molecule has 0 aromatic rings. The molecular weight excluding hydrogens is 620 g/mol. The Hall–Kier alpha value is -4.07. The van der Waals surface area contributed by atoms with Crippen LogP contribution >= 0.6 is 0 Å². The van der Waals surface area contributed by atoms with Crippen LogP contribution in [0, 0.1) is 11.8 Å². The number of primary amides is 1. The van der Waals surface area contributed by atoms with Crippen LogP contribution in [0.5, 0.6) is 0 Å². The molecule has 3 aliphatic rings. The van der Waals surface area contributed by atoms with Crippen molar-refractivity contribution >= 4 is 29.8 Å². The fraction of sp³-hybridized carbons (Fsp3) is 0.571. The number of aliphatic hydroxyl groups excluding tert-OH is 1. The molecule has 0 radical (unpaired) electrons. The lowest BCUT2D eigenvalue weighted by Gasteiger charge is -2.30. The Labute approximate surface area is 282 Å². The third-order valence-corrected chi connectivity index (χ3v) is 8.82. The topological polar surface area (TPSA) is 179 Å². The van der Waals surface area contributed by atoms with Crippen LogP contribution in [0.1, 0.15) is 59.8 Å². The molecular formula is C35H50N4O9. The summed E-state index contributed by atoms with van der Waals surface area (Å²) in [6, 6.07) is 0. The molecule has 6 unspecified atom stereocenters. The molecule has 0 spiro atoms. The number of nitrogens with one attached hydrogen (secondary N) is 1. The zero-order valence-corrected chi connectivity index (χ0v) is 29.0. The lowest BCUT2D eigenvalue weighted by molar-refractivity contribution is -0.121. The molecule has 2 aliphatic heterocycles. The van der Waals surface area contributed by atoms with Gasteiger partial charge in [0.2, 0.25) is 11.6 Å². The van der Waals surface area contributed by atoms with E-state index >= 15 is 0 Å². The van der Waals surface area contributed by atoms with Gasteiger partial charge in [0.1, 0.15) is 11.8 Å². The van der Waals surface area contributed by atoms with E-state index in [-0.39, 0.29) is 40.5 Å². The maximum Gasteiger partial charge on any atom is 0.405 e. The predicted octanol–water partition coefficient (Wildman–Crippen LogP) is 3.25. The molecule has 2 heterocycles. The average Bonchev–Trinajstić information content (AvgIpc) is 3.06. The van der Waals surface area contributed by atoms with Gasteiger partial charge in [0, 0.05) is 44.4 Å². The molecule has 1 saturated heterocycles. The van der Waals surface area contributed by atoms with E-state index in [9.17, 15) is 24.3 Å². The number of carbonyl (C=O) groups is 4. The van der Waals surface area contributed by atoms with Crippen molar-refractivity contribution in [1.82, 2.24) is 10.3 Å². The SMILES string of the molecule is COC1=C2CC(C)CC(OC)C(O)C(C)/C=C(/C)C(OC(N)=O)C(OC)/C=C\C=C(\C)C(=O)NC(=C(/C=N/N3CCCCC3)C1=O)C2=O. The van der Waals surface area contributed by atoms with Crippen molar-refractivity contribution in [3.8, 4) is 0 Å². The van der Waals surface area contributed by atoms with Crippen molar-refractivity contribution in [3.63, 3.8) is 0 Å². The Morgan fingerprint density at radius 3 is 2.35 bits per heavy atom. The molecule has 0 saturated carbocycles. The summed E-state index contributed by atoms with van der Waals surface area (Å²) in [6.07, 6.45) is 6.77. The Bertz CT molecular complexity index is 1400. The zero-order chi connectivity index (χ0) is 35.5. The van der Waals surface area contributed by atoms with Gasteiger partial charge in [0.05, 0.1) is 31.1 Å². The van der Waals surface area contributed by atoms with Crippen molar-refractivity contribution < 1.29 is 43.2 Å². The molecule has 13 nitrogen and oxygen atoms in total. The number of hydrogen-bond acceptors (Lipinski definition) is 11. The molecule has 2 bridgehead atoms. The average molecular weight is 671 g/mol. The fourth-order valence-electron chi connectivity index (χ4n) is 6.12. The number of allylic oxidation sites excluding steroid dienone is 4. The summed E-state index contributed by atoms with van der Waals surface area (Å²) in [5, 5.41) is 20.3. The number of hydrogen-bond donors (Lipinski definition) is 3. The minimum Gasteiger partial charge on any atom is -0.492 e. The molecule has 13 heteroatoms. The van der Waals surface area contributed by atoms with Gasteiger partial charge in [-0.05, 0) is 57.4 Å². The third-order valence-electron chi connectivity index (χ3n) is 8.82. The Kier molecular flexibility index (Phi) is 14.3. The number of amides is 2. The number of hydrazone groups is 1. The van der Waals surface area contributed by atoms with Crippen LogP contribution in [0.3, 0.4) is 0 Å². The van der Waals surface area contributed by atoms with Crippen molar-refractivity contribution in [2.24, 2.45) is 22.7 Å². The highest BCUT2D eigenvalue weighted by Gasteiger charge is 2.38. The van der Waals surface area contributed by atoms with Gasteiger partial charge in [-0.15, -0.1) is 0 Å². The number of nitrogens with zero attached hydrogens (tertiary/aromatic N) is 2. The summed E-state index contributed by atoms with van der Waals surface area (Å²) in [4.78, 5) is 53.3. The Balaban J connectivity index is 2.15. The number of piperidine rings is 1. The summed E-state index contributed by atoms with van der Waals surface area (Å²) >= 11 is 0. The molecule has 4 N–H and O–H groups in total. The van der Waals surface area contributed by atoms with E-state index in [1.807, 2.05) is 11.9 Å². The van der Waals surface area contributed by atoms with Gasteiger partial charge in [0.15, 0.2) is 11.9 Å². The van der Waals surface area contributed by atoms with Crippen LogP contribution in [-0.2, 0) is 33.3 Å². The molecule has 48 heavy (non-hydrogen) atoms. The van der Waals surface area contributed by atoms with Gasteiger partial charge in [-0.25, -0.2) is 4.79 Å². The van der Waals surface area contributed by atoms with Gasteiger partial charge >= 0.3 is 6.09 Å². The summed E-state index contributed by atoms with van der Waals surface area (Å²) in [5.41, 5.74) is 6.03. The van der Waals surface area contributed by atoms with E-state index in [0.29, 0.717) is 25.1 Å². The lowest BCUT2D eigenvalue weighted by atomic mass is 9.84. The lowest BCUT2D eigenvalue weighted by Crippen LogP contribution is -2.38. The van der Waals surface area contributed by atoms with Gasteiger partial charge in [-0.1, -0.05) is 38.2 Å². The van der Waals surface area contributed by atoms with Crippen LogP contribution in [0.2, 0.25) is 0 Å². The quantitative estimate of drug-likeness (QED) is 0.216. The molecule has 264 valence electrons. The number of fused-ring (bicyclic) bond motifs is 2. The highest BCUT2D eigenvalue weighted by Crippen LogP contribution is 2.31. The molecule has 0 aromatic heterocycles. The summed E-state index contributed by atoms with van der Waals surface area (Å²) in [5.74, 6) is -2.58. The van der Waals surface area contributed by atoms with Gasteiger partial charge in [-0.2, -0.15) is 5.10 Å². The molecule has 0 aromatic carbocycles. The first-order valence-corrected chi connectivity index (χ1v) is 16.3. The van der Waals surface area contributed by atoms with Crippen molar-refractivity contribution in [1.29, 1.82) is 0 Å². The Morgan fingerprint density at radius 1 is 1.06 bits per heavy atom. The first kappa shape index (κ1) is 38.4. The third kappa shape index (κ3) is 9.74. The van der Waals surface area contributed by atoms with E-state index in [1.54, 1.807) is 39.0 Å². The zero-order valence-electron chi connectivity index (χ0n) is 29.0. The first-order chi connectivity index (χ1) is 22.8.